The summed E-state index contributed by atoms with van der Waals surface area (Å²) in [6, 6.07) is 10.5. The molecule has 0 spiro atoms. The molecule has 0 aliphatic carbocycles. The molecule has 0 bridgehead atoms. The van der Waals surface area contributed by atoms with Crippen molar-refractivity contribution in [1.82, 2.24) is 4.98 Å². The Kier molecular flexibility index (Phi) is 4.09. The molecule has 0 aliphatic rings. The molecular weight excluding hydrogens is 283 g/mol. The van der Waals surface area contributed by atoms with Crippen LogP contribution in [0.5, 0.6) is 0 Å². The molecule has 0 saturated heterocycles. The molecule has 0 aliphatic heterocycles. The standard InChI is InChI=1S/C13H12BrFN2/c14-11-4-5-13(17-9-11)16-7-6-10-2-1-3-12(15)8-10/h1-5,8-9H,6-7H2,(H,16,17). The Morgan fingerprint density at radius 2 is 2.12 bits per heavy atom. The third kappa shape index (κ3) is 3.82. The molecule has 0 radical (unpaired) electrons. The summed E-state index contributed by atoms with van der Waals surface area (Å²) in [5.41, 5.74) is 0.981. The summed E-state index contributed by atoms with van der Waals surface area (Å²) in [5, 5.41) is 3.19. The van der Waals surface area contributed by atoms with Gasteiger partial charge in [0.2, 0.25) is 0 Å². The van der Waals surface area contributed by atoms with Gasteiger partial charge in [0.05, 0.1) is 0 Å². The number of hydrogen-bond acceptors (Lipinski definition) is 2. The first kappa shape index (κ1) is 12.0. The second-order valence-corrected chi connectivity index (χ2v) is 4.58. The van der Waals surface area contributed by atoms with Gasteiger partial charge in [-0.25, -0.2) is 9.37 Å². The third-order valence-corrected chi connectivity index (χ3v) is 2.81. The van der Waals surface area contributed by atoms with E-state index in [9.17, 15) is 4.39 Å². The number of halogens is 2. The van der Waals surface area contributed by atoms with Gasteiger partial charge in [0.1, 0.15) is 11.6 Å². The Balaban J connectivity index is 1.85. The maximum atomic E-state index is 12.9. The number of hydrogen-bond donors (Lipinski definition) is 1. The predicted octanol–water partition coefficient (Wildman–Crippen LogP) is 3.64. The largest absolute Gasteiger partial charge is 0.370 e. The lowest BCUT2D eigenvalue weighted by Crippen LogP contribution is -2.06. The minimum absolute atomic E-state index is 0.190. The number of rotatable bonds is 4. The van der Waals surface area contributed by atoms with E-state index >= 15 is 0 Å². The minimum atomic E-state index is -0.190. The van der Waals surface area contributed by atoms with Gasteiger partial charge in [-0.2, -0.15) is 0 Å². The van der Waals surface area contributed by atoms with E-state index in [0.717, 1.165) is 28.8 Å². The van der Waals surface area contributed by atoms with Crippen molar-refractivity contribution in [3.05, 3.63) is 58.4 Å². The van der Waals surface area contributed by atoms with Crippen molar-refractivity contribution in [2.75, 3.05) is 11.9 Å². The molecule has 0 amide bonds. The molecule has 0 unspecified atom stereocenters. The zero-order chi connectivity index (χ0) is 12.1. The minimum Gasteiger partial charge on any atom is -0.370 e. The van der Waals surface area contributed by atoms with Crippen molar-refractivity contribution in [3.63, 3.8) is 0 Å². The number of aromatic nitrogens is 1. The van der Waals surface area contributed by atoms with Crippen LogP contribution in [0.1, 0.15) is 5.56 Å². The fraction of sp³-hybridized carbons (Fsp3) is 0.154. The SMILES string of the molecule is Fc1cccc(CCNc2ccc(Br)cn2)c1. The van der Waals surface area contributed by atoms with Crippen LogP contribution in [0.2, 0.25) is 0 Å². The van der Waals surface area contributed by atoms with Crippen LogP contribution in [-0.4, -0.2) is 11.5 Å². The van der Waals surface area contributed by atoms with Crippen molar-refractivity contribution in [2.45, 2.75) is 6.42 Å². The number of nitrogens with zero attached hydrogens (tertiary/aromatic N) is 1. The second-order valence-electron chi connectivity index (χ2n) is 3.67. The molecule has 0 saturated carbocycles. The van der Waals surface area contributed by atoms with Crippen LogP contribution >= 0.6 is 15.9 Å². The van der Waals surface area contributed by atoms with Gasteiger partial charge in [-0.15, -0.1) is 0 Å². The second kappa shape index (κ2) is 5.77. The summed E-state index contributed by atoms with van der Waals surface area (Å²) in [4.78, 5) is 4.19. The number of pyridine rings is 1. The van der Waals surface area contributed by atoms with E-state index in [1.165, 1.54) is 6.07 Å². The molecule has 1 aromatic heterocycles. The highest BCUT2D eigenvalue weighted by Crippen LogP contribution is 2.10. The molecule has 0 fully saturated rings. The molecule has 4 heteroatoms. The van der Waals surface area contributed by atoms with Gasteiger partial charge in [0, 0.05) is 17.2 Å². The lowest BCUT2D eigenvalue weighted by molar-refractivity contribution is 0.625. The maximum Gasteiger partial charge on any atom is 0.125 e. The third-order valence-electron chi connectivity index (χ3n) is 2.34. The van der Waals surface area contributed by atoms with Crippen LogP contribution in [0, 0.1) is 5.82 Å². The Morgan fingerprint density at radius 1 is 1.24 bits per heavy atom. The van der Waals surface area contributed by atoms with E-state index in [1.54, 1.807) is 18.3 Å². The average molecular weight is 295 g/mol. The molecule has 88 valence electrons. The van der Waals surface area contributed by atoms with E-state index < -0.39 is 0 Å². The lowest BCUT2D eigenvalue weighted by atomic mass is 10.1. The molecule has 1 N–H and O–H groups in total. The van der Waals surface area contributed by atoms with E-state index in [-0.39, 0.29) is 5.82 Å². The zero-order valence-corrected chi connectivity index (χ0v) is 10.7. The van der Waals surface area contributed by atoms with Crippen LogP contribution in [0.4, 0.5) is 10.2 Å². The normalized spacial score (nSPS) is 10.2. The molecule has 17 heavy (non-hydrogen) atoms. The molecule has 1 heterocycles. The van der Waals surface area contributed by atoms with Crippen molar-refractivity contribution >= 4 is 21.7 Å². The van der Waals surface area contributed by atoms with E-state index in [4.69, 9.17) is 0 Å². The first-order chi connectivity index (χ1) is 8.24. The van der Waals surface area contributed by atoms with Crippen LogP contribution in [0.15, 0.2) is 47.1 Å². The van der Waals surface area contributed by atoms with E-state index in [1.807, 2.05) is 18.2 Å². The van der Waals surface area contributed by atoms with Crippen molar-refractivity contribution in [2.24, 2.45) is 0 Å². The topological polar surface area (TPSA) is 24.9 Å². The summed E-state index contributed by atoms with van der Waals surface area (Å²) in [6.45, 7) is 0.734. The fourth-order valence-electron chi connectivity index (χ4n) is 1.51. The van der Waals surface area contributed by atoms with Crippen LogP contribution < -0.4 is 5.32 Å². The highest BCUT2D eigenvalue weighted by atomic mass is 79.9. The van der Waals surface area contributed by atoms with E-state index in [2.05, 4.69) is 26.2 Å². The summed E-state index contributed by atoms with van der Waals surface area (Å²) in [6.07, 6.45) is 2.51. The van der Waals surface area contributed by atoms with Gasteiger partial charge in [-0.1, -0.05) is 12.1 Å². The molecule has 0 atom stereocenters. The van der Waals surface area contributed by atoms with Crippen LogP contribution in [0.25, 0.3) is 0 Å². The van der Waals surface area contributed by atoms with Gasteiger partial charge in [0.15, 0.2) is 0 Å². The lowest BCUT2D eigenvalue weighted by Gasteiger charge is -2.05. The highest BCUT2D eigenvalue weighted by Gasteiger charge is 1.96. The van der Waals surface area contributed by atoms with Crippen molar-refractivity contribution in [3.8, 4) is 0 Å². The van der Waals surface area contributed by atoms with Gasteiger partial charge in [-0.3, -0.25) is 0 Å². The monoisotopic (exact) mass is 294 g/mol. The first-order valence-corrected chi connectivity index (χ1v) is 6.13. The Morgan fingerprint density at radius 3 is 2.82 bits per heavy atom. The molecule has 2 rings (SSSR count). The summed E-state index contributed by atoms with van der Waals surface area (Å²) in [5.74, 6) is 0.633. The number of benzene rings is 1. The molecule has 1 aromatic carbocycles. The van der Waals surface area contributed by atoms with Gasteiger partial charge < -0.3 is 5.32 Å². The van der Waals surface area contributed by atoms with Gasteiger partial charge >= 0.3 is 0 Å². The first-order valence-electron chi connectivity index (χ1n) is 5.34. The number of anilines is 1. The maximum absolute atomic E-state index is 12.9. The molecular formula is C13H12BrFN2. The summed E-state index contributed by atoms with van der Waals surface area (Å²) < 4.78 is 13.9. The summed E-state index contributed by atoms with van der Waals surface area (Å²) >= 11 is 3.33. The van der Waals surface area contributed by atoms with Crippen molar-refractivity contribution in [1.29, 1.82) is 0 Å². The number of nitrogens with one attached hydrogen (secondary N) is 1. The van der Waals surface area contributed by atoms with Crippen LogP contribution in [0.3, 0.4) is 0 Å². The quantitative estimate of drug-likeness (QED) is 0.931. The van der Waals surface area contributed by atoms with Crippen LogP contribution in [-0.2, 0) is 6.42 Å². The molecule has 2 aromatic rings. The fourth-order valence-corrected chi connectivity index (χ4v) is 1.74. The smallest absolute Gasteiger partial charge is 0.125 e. The highest BCUT2D eigenvalue weighted by molar-refractivity contribution is 9.10. The predicted molar refractivity (Wildman–Crippen MR) is 70.5 cm³/mol. The zero-order valence-electron chi connectivity index (χ0n) is 9.16. The Labute approximate surface area is 108 Å². The van der Waals surface area contributed by atoms with Gasteiger partial charge in [0.25, 0.3) is 0 Å². The summed E-state index contributed by atoms with van der Waals surface area (Å²) in [7, 11) is 0. The Hall–Kier alpha value is -1.42. The van der Waals surface area contributed by atoms with Crippen molar-refractivity contribution < 1.29 is 4.39 Å². The Bertz CT molecular complexity index is 485. The van der Waals surface area contributed by atoms with E-state index in [0.29, 0.717) is 0 Å². The van der Waals surface area contributed by atoms with Gasteiger partial charge in [-0.05, 0) is 52.2 Å². The average Bonchev–Trinajstić information content (AvgIpc) is 2.32. The molecule has 2 nitrogen and oxygen atoms in total.